The van der Waals surface area contributed by atoms with Crippen molar-refractivity contribution in [2.45, 2.75) is 31.3 Å². The Balaban J connectivity index is 1.64. The second-order valence-electron chi connectivity index (χ2n) is 5.94. The summed E-state index contributed by atoms with van der Waals surface area (Å²) in [6.07, 6.45) is -0.578. The summed E-state index contributed by atoms with van der Waals surface area (Å²) in [5.41, 5.74) is 1.67. The zero-order valence-corrected chi connectivity index (χ0v) is 15.1. The molecule has 3 rings (SSSR count). The van der Waals surface area contributed by atoms with Crippen LogP contribution in [0.2, 0.25) is 0 Å². The molecule has 8 nitrogen and oxygen atoms in total. The highest BCUT2D eigenvalue weighted by Gasteiger charge is 2.24. The van der Waals surface area contributed by atoms with Gasteiger partial charge in [0.25, 0.3) is 0 Å². The van der Waals surface area contributed by atoms with Crippen molar-refractivity contribution < 1.29 is 23.0 Å². The van der Waals surface area contributed by atoms with Crippen molar-refractivity contribution >= 4 is 10.0 Å². The molecule has 0 amide bonds. The molecule has 0 radical (unpaired) electrons. The number of ether oxygens (including phenoxy) is 2. The van der Waals surface area contributed by atoms with Gasteiger partial charge in [0.2, 0.25) is 16.8 Å². The van der Waals surface area contributed by atoms with E-state index in [9.17, 15) is 13.5 Å². The van der Waals surface area contributed by atoms with Crippen LogP contribution in [0.5, 0.6) is 11.5 Å². The first kappa shape index (κ1) is 17.7. The van der Waals surface area contributed by atoms with E-state index < -0.39 is 16.1 Å². The van der Waals surface area contributed by atoms with E-state index in [1.165, 1.54) is 4.68 Å². The monoisotopic (exact) mass is 367 g/mol. The Bertz CT molecular complexity index is 891. The standard InChI is InChI=1S/C16H21N3O5S/c1-10-16(11(2)19(3)18-10)25(21,22)17-7-6-13(20)12-4-5-14-15(8-12)24-9-23-14/h4-5,8,13,17,20H,6-7,9H2,1-3H3. The van der Waals surface area contributed by atoms with Crippen LogP contribution in [-0.4, -0.2) is 36.6 Å². The summed E-state index contributed by atoms with van der Waals surface area (Å²) in [6.45, 7) is 3.63. The van der Waals surface area contributed by atoms with E-state index in [4.69, 9.17) is 9.47 Å². The average molecular weight is 367 g/mol. The van der Waals surface area contributed by atoms with E-state index in [-0.39, 0.29) is 24.7 Å². The van der Waals surface area contributed by atoms with Gasteiger partial charge in [-0.1, -0.05) is 6.07 Å². The van der Waals surface area contributed by atoms with E-state index in [0.29, 0.717) is 28.5 Å². The number of benzene rings is 1. The van der Waals surface area contributed by atoms with Gasteiger partial charge in [-0.25, -0.2) is 13.1 Å². The van der Waals surface area contributed by atoms with Crippen LogP contribution in [0.4, 0.5) is 0 Å². The Morgan fingerprint density at radius 3 is 2.72 bits per heavy atom. The molecule has 0 bridgehead atoms. The molecule has 2 heterocycles. The topological polar surface area (TPSA) is 103 Å². The van der Waals surface area contributed by atoms with Crippen molar-refractivity contribution in [1.82, 2.24) is 14.5 Å². The van der Waals surface area contributed by atoms with Crippen molar-refractivity contribution in [3.05, 3.63) is 35.2 Å². The van der Waals surface area contributed by atoms with E-state index in [1.54, 1.807) is 39.1 Å². The molecule has 1 aliphatic rings. The van der Waals surface area contributed by atoms with Crippen molar-refractivity contribution in [3.63, 3.8) is 0 Å². The minimum Gasteiger partial charge on any atom is -0.454 e. The second kappa shape index (κ2) is 6.66. The van der Waals surface area contributed by atoms with Gasteiger partial charge in [0.05, 0.1) is 17.5 Å². The van der Waals surface area contributed by atoms with Gasteiger partial charge in [-0.2, -0.15) is 5.10 Å². The number of aryl methyl sites for hydroxylation is 2. The number of aromatic nitrogens is 2. The molecule has 1 unspecified atom stereocenters. The third-order valence-corrected chi connectivity index (χ3v) is 5.92. The lowest BCUT2D eigenvalue weighted by atomic mass is 10.1. The minimum atomic E-state index is -3.68. The molecule has 0 spiro atoms. The van der Waals surface area contributed by atoms with Crippen LogP contribution in [0.1, 0.15) is 29.5 Å². The molecule has 0 saturated carbocycles. The zero-order chi connectivity index (χ0) is 18.2. The summed E-state index contributed by atoms with van der Waals surface area (Å²) in [6, 6.07) is 5.17. The van der Waals surface area contributed by atoms with E-state index in [1.807, 2.05) is 0 Å². The lowest BCUT2D eigenvalue weighted by Crippen LogP contribution is -2.27. The van der Waals surface area contributed by atoms with Crippen molar-refractivity contribution in [1.29, 1.82) is 0 Å². The smallest absolute Gasteiger partial charge is 0.244 e. The van der Waals surface area contributed by atoms with Gasteiger partial charge < -0.3 is 14.6 Å². The molecule has 0 fully saturated rings. The fourth-order valence-electron chi connectivity index (χ4n) is 2.83. The fourth-order valence-corrected chi connectivity index (χ4v) is 4.31. The van der Waals surface area contributed by atoms with Crippen LogP contribution in [0, 0.1) is 13.8 Å². The van der Waals surface area contributed by atoms with Crippen LogP contribution in [0.25, 0.3) is 0 Å². The molecular weight excluding hydrogens is 346 g/mol. The largest absolute Gasteiger partial charge is 0.454 e. The Morgan fingerprint density at radius 2 is 2.04 bits per heavy atom. The van der Waals surface area contributed by atoms with Gasteiger partial charge >= 0.3 is 0 Å². The molecule has 1 aliphatic heterocycles. The first-order chi connectivity index (χ1) is 11.8. The van der Waals surface area contributed by atoms with Crippen LogP contribution in [0.15, 0.2) is 23.1 Å². The first-order valence-corrected chi connectivity index (χ1v) is 9.35. The number of nitrogens with zero attached hydrogens (tertiary/aromatic N) is 2. The summed E-state index contributed by atoms with van der Waals surface area (Å²) >= 11 is 0. The number of aliphatic hydroxyl groups excluding tert-OH is 1. The van der Waals surface area contributed by atoms with Gasteiger partial charge in [-0.3, -0.25) is 4.68 Å². The van der Waals surface area contributed by atoms with Crippen molar-refractivity contribution in [2.24, 2.45) is 7.05 Å². The van der Waals surface area contributed by atoms with Crippen LogP contribution < -0.4 is 14.2 Å². The Morgan fingerprint density at radius 1 is 1.32 bits per heavy atom. The number of sulfonamides is 1. The molecule has 1 aromatic heterocycles. The number of hydrogen-bond acceptors (Lipinski definition) is 6. The fraction of sp³-hybridized carbons (Fsp3) is 0.438. The molecule has 2 N–H and O–H groups in total. The molecule has 0 aliphatic carbocycles. The molecule has 0 saturated heterocycles. The molecule has 136 valence electrons. The summed E-state index contributed by atoms with van der Waals surface area (Å²) < 4.78 is 39.5. The summed E-state index contributed by atoms with van der Waals surface area (Å²) in [5.74, 6) is 1.22. The van der Waals surface area contributed by atoms with Gasteiger partial charge in [-0.05, 0) is 38.0 Å². The second-order valence-corrected chi connectivity index (χ2v) is 7.64. The zero-order valence-electron chi connectivity index (χ0n) is 14.3. The van der Waals surface area contributed by atoms with E-state index >= 15 is 0 Å². The number of nitrogens with one attached hydrogen (secondary N) is 1. The van der Waals surface area contributed by atoms with E-state index in [0.717, 1.165) is 0 Å². The summed E-state index contributed by atoms with van der Waals surface area (Å²) in [4.78, 5) is 0.188. The summed E-state index contributed by atoms with van der Waals surface area (Å²) in [5, 5.41) is 14.4. The third kappa shape index (κ3) is 3.48. The van der Waals surface area contributed by atoms with Gasteiger partial charge in [-0.15, -0.1) is 0 Å². The summed E-state index contributed by atoms with van der Waals surface area (Å²) in [7, 11) is -1.98. The third-order valence-electron chi connectivity index (χ3n) is 4.20. The lowest BCUT2D eigenvalue weighted by Gasteiger charge is -2.13. The average Bonchev–Trinajstić information content (AvgIpc) is 3.10. The molecule has 1 aromatic carbocycles. The Hall–Kier alpha value is -2.10. The normalized spacial score (nSPS) is 14.7. The Labute approximate surface area is 146 Å². The van der Waals surface area contributed by atoms with Crippen LogP contribution >= 0.6 is 0 Å². The maximum absolute atomic E-state index is 12.5. The van der Waals surface area contributed by atoms with Crippen molar-refractivity contribution in [3.8, 4) is 11.5 Å². The van der Waals surface area contributed by atoms with Crippen LogP contribution in [-0.2, 0) is 17.1 Å². The molecule has 2 aromatic rings. The predicted octanol–water partition coefficient (Wildman–Crippen LogP) is 1.17. The highest BCUT2D eigenvalue weighted by atomic mass is 32.2. The van der Waals surface area contributed by atoms with Crippen LogP contribution in [0.3, 0.4) is 0 Å². The first-order valence-electron chi connectivity index (χ1n) is 7.87. The highest BCUT2D eigenvalue weighted by molar-refractivity contribution is 7.89. The molecular formula is C16H21N3O5S. The SMILES string of the molecule is Cc1nn(C)c(C)c1S(=O)(=O)NCCC(O)c1ccc2c(c1)OCO2. The predicted molar refractivity (Wildman–Crippen MR) is 90.0 cm³/mol. The molecule has 25 heavy (non-hydrogen) atoms. The maximum atomic E-state index is 12.5. The Kier molecular flexibility index (Phi) is 4.72. The minimum absolute atomic E-state index is 0.103. The number of fused-ring (bicyclic) bond motifs is 1. The number of hydrogen-bond donors (Lipinski definition) is 2. The van der Waals surface area contributed by atoms with Gasteiger partial charge in [0, 0.05) is 13.6 Å². The van der Waals surface area contributed by atoms with Crippen molar-refractivity contribution in [2.75, 3.05) is 13.3 Å². The van der Waals surface area contributed by atoms with E-state index in [2.05, 4.69) is 9.82 Å². The molecule has 1 atom stereocenters. The van der Waals surface area contributed by atoms with Gasteiger partial charge in [0.15, 0.2) is 11.5 Å². The van der Waals surface area contributed by atoms with Gasteiger partial charge in [0.1, 0.15) is 4.90 Å². The highest BCUT2D eigenvalue weighted by Crippen LogP contribution is 2.34. The maximum Gasteiger partial charge on any atom is 0.244 e. The number of aliphatic hydroxyl groups is 1. The molecule has 9 heteroatoms. The quantitative estimate of drug-likeness (QED) is 0.794. The number of rotatable bonds is 6. The lowest BCUT2D eigenvalue weighted by molar-refractivity contribution is 0.166.